The van der Waals surface area contributed by atoms with Crippen molar-refractivity contribution in [1.82, 2.24) is 5.32 Å². The van der Waals surface area contributed by atoms with Gasteiger partial charge < -0.3 is 5.11 Å². The Morgan fingerprint density at radius 1 is 1.58 bits per heavy atom. The van der Waals surface area contributed by atoms with Crippen LogP contribution in [0.15, 0.2) is 0 Å². The highest BCUT2D eigenvalue weighted by molar-refractivity contribution is 4.88. The molecule has 70 valence electrons. The summed E-state index contributed by atoms with van der Waals surface area (Å²) in [5.41, 5.74) is 0. The number of halogens is 2. The van der Waals surface area contributed by atoms with E-state index in [1.54, 1.807) is 6.92 Å². The summed E-state index contributed by atoms with van der Waals surface area (Å²) in [6.45, 7) is 1.51. The summed E-state index contributed by atoms with van der Waals surface area (Å²) in [6.07, 6.45) is -3.91. The van der Waals surface area contributed by atoms with Crippen molar-refractivity contribution in [3.05, 3.63) is 0 Å². The van der Waals surface area contributed by atoms with Crippen LogP contribution in [0.3, 0.4) is 0 Å². The normalized spacial score (nSPS) is 15.7. The van der Waals surface area contributed by atoms with Crippen LogP contribution < -0.4 is 5.32 Å². The zero-order valence-electron chi connectivity index (χ0n) is 6.80. The molecular formula is C7H12F2N2O. The molecule has 0 aliphatic heterocycles. The molecule has 0 saturated heterocycles. The Morgan fingerprint density at radius 3 is 2.50 bits per heavy atom. The van der Waals surface area contributed by atoms with Gasteiger partial charge in [0.15, 0.2) is 0 Å². The molecule has 0 aliphatic rings. The molecule has 0 bridgehead atoms. The molecule has 0 fully saturated rings. The molecule has 0 aliphatic carbocycles. The van der Waals surface area contributed by atoms with Crippen molar-refractivity contribution in [3.8, 4) is 6.07 Å². The van der Waals surface area contributed by atoms with Gasteiger partial charge in [0.05, 0.1) is 12.1 Å². The van der Waals surface area contributed by atoms with Gasteiger partial charge >= 0.3 is 0 Å². The Labute approximate surface area is 70.0 Å². The standard InChI is InChI=1S/C7H12F2N2O/c1-2-5(3-10)11-4-6(12)7(8)9/h5-7,11-12H,2,4H2,1H3. The summed E-state index contributed by atoms with van der Waals surface area (Å²) in [7, 11) is 0. The van der Waals surface area contributed by atoms with E-state index in [1.165, 1.54) is 0 Å². The first kappa shape index (κ1) is 11.3. The lowest BCUT2D eigenvalue weighted by Gasteiger charge is -2.12. The Kier molecular flexibility index (Phi) is 5.51. The highest BCUT2D eigenvalue weighted by atomic mass is 19.3. The quantitative estimate of drug-likeness (QED) is 0.644. The van der Waals surface area contributed by atoms with Gasteiger partial charge in [0.1, 0.15) is 6.10 Å². The molecule has 5 heteroatoms. The van der Waals surface area contributed by atoms with E-state index in [0.717, 1.165) is 0 Å². The number of aliphatic hydroxyl groups is 1. The van der Waals surface area contributed by atoms with E-state index in [-0.39, 0.29) is 6.54 Å². The number of hydrogen-bond acceptors (Lipinski definition) is 3. The lowest BCUT2D eigenvalue weighted by Crippen LogP contribution is -2.37. The maximum Gasteiger partial charge on any atom is 0.265 e. The number of alkyl halides is 2. The second-order valence-electron chi connectivity index (χ2n) is 2.40. The van der Waals surface area contributed by atoms with Gasteiger partial charge in [0.2, 0.25) is 0 Å². The fourth-order valence-electron chi connectivity index (χ4n) is 0.633. The van der Waals surface area contributed by atoms with Gasteiger partial charge in [-0.15, -0.1) is 0 Å². The maximum atomic E-state index is 11.7. The van der Waals surface area contributed by atoms with Crippen molar-refractivity contribution in [3.63, 3.8) is 0 Å². The summed E-state index contributed by atoms with van der Waals surface area (Å²) in [5.74, 6) is 0. The summed E-state index contributed by atoms with van der Waals surface area (Å²) in [6, 6.07) is 1.42. The third kappa shape index (κ3) is 4.21. The molecule has 2 atom stereocenters. The highest BCUT2D eigenvalue weighted by Gasteiger charge is 2.17. The summed E-state index contributed by atoms with van der Waals surface area (Å²) >= 11 is 0. The zero-order valence-corrected chi connectivity index (χ0v) is 6.80. The van der Waals surface area contributed by atoms with Crippen LogP contribution in [0.4, 0.5) is 8.78 Å². The van der Waals surface area contributed by atoms with E-state index < -0.39 is 18.6 Å². The number of nitrogens with one attached hydrogen (secondary N) is 1. The zero-order chi connectivity index (χ0) is 9.56. The second-order valence-corrected chi connectivity index (χ2v) is 2.40. The van der Waals surface area contributed by atoms with Crippen molar-refractivity contribution in [1.29, 1.82) is 5.26 Å². The van der Waals surface area contributed by atoms with Gasteiger partial charge in [0.25, 0.3) is 6.43 Å². The third-order valence-electron chi connectivity index (χ3n) is 1.43. The van der Waals surface area contributed by atoms with Crippen molar-refractivity contribution >= 4 is 0 Å². The van der Waals surface area contributed by atoms with Crippen LogP contribution in [0.5, 0.6) is 0 Å². The van der Waals surface area contributed by atoms with Gasteiger partial charge in [-0.2, -0.15) is 5.26 Å². The van der Waals surface area contributed by atoms with Crippen molar-refractivity contribution < 1.29 is 13.9 Å². The molecule has 0 aromatic rings. The minimum atomic E-state index is -2.76. The van der Waals surface area contributed by atoms with Crippen LogP contribution in [0.2, 0.25) is 0 Å². The van der Waals surface area contributed by atoms with Crippen LogP contribution in [0.25, 0.3) is 0 Å². The topological polar surface area (TPSA) is 56.0 Å². The average molecular weight is 178 g/mol. The van der Waals surface area contributed by atoms with Crippen LogP contribution in [0.1, 0.15) is 13.3 Å². The van der Waals surface area contributed by atoms with E-state index in [1.807, 2.05) is 6.07 Å². The Morgan fingerprint density at radius 2 is 2.17 bits per heavy atom. The van der Waals surface area contributed by atoms with Gasteiger partial charge in [0, 0.05) is 6.54 Å². The third-order valence-corrected chi connectivity index (χ3v) is 1.43. The summed E-state index contributed by atoms with van der Waals surface area (Å²) < 4.78 is 23.4. The summed E-state index contributed by atoms with van der Waals surface area (Å²) in [5, 5.41) is 19.5. The highest BCUT2D eigenvalue weighted by Crippen LogP contribution is 1.99. The molecule has 3 nitrogen and oxygen atoms in total. The molecule has 0 aromatic carbocycles. The minimum absolute atomic E-state index is 0.246. The van der Waals surface area contributed by atoms with E-state index in [9.17, 15) is 8.78 Å². The monoisotopic (exact) mass is 178 g/mol. The van der Waals surface area contributed by atoms with Crippen LogP contribution >= 0.6 is 0 Å². The Hall–Kier alpha value is -0.730. The van der Waals surface area contributed by atoms with Gasteiger partial charge in [-0.1, -0.05) is 6.92 Å². The predicted octanol–water partition coefficient (Wildman–Crippen LogP) is 0.504. The minimum Gasteiger partial charge on any atom is -0.386 e. The molecule has 0 spiro atoms. The summed E-state index contributed by atoms with van der Waals surface area (Å²) in [4.78, 5) is 0. The van der Waals surface area contributed by atoms with Gasteiger partial charge in [-0.25, -0.2) is 8.78 Å². The van der Waals surface area contributed by atoms with Crippen molar-refractivity contribution in [2.45, 2.75) is 31.9 Å². The van der Waals surface area contributed by atoms with Gasteiger partial charge in [-0.05, 0) is 6.42 Å². The van der Waals surface area contributed by atoms with Crippen molar-refractivity contribution in [2.75, 3.05) is 6.54 Å². The molecule has 0 aromatic heterocycles. The Bertz CT molecular complexity index is 158. The maximum absolute atomic E-state index is 11.7. The fraction of sp³-hybridized carbons (Fsp3) is 0.857. The number of nitrogens with zero attached hydrogens (tertiary/aromatic N) is 1. The number of rotatable bonds is 5. The lowest BCUT2D eigenvalue weighted by atomic mass is 10.2. The molecule has 0 rings (SSSR count). The molecule has 0 amide bonds. The smallest absolute Gasteiger partial charge is 0.265 e. The molecular weight excluding hydrogens is 166 g/mol. The first-order valence-corrected chi connectivity index (χ1v) is 3.71. The van der Waals surface area contributed by atoms with E-state index >= 15 is 0 Å². The number of aliphatic hydroxyl groups excluding tert-OH is 1. The van der Waals surface area contributed by atoms with Gasteiger partial charge in [-0.3, -0.25) is 5.32 Å². The molecule has 0 saturated carbocycles. The predicted molar refractivity (Wildman–Crippen MR) is 39.7 cm³/mol. The number of hydrogen-bond donors (Lipinski definition) is 2. The molecule has 0 heterocycles. The molecule has 2 N–H and O–H groups in total. The van der Waals surface area contributed by atoms with Crippen LogP contribution in [0, 0.1) is 11.3 Å². The Balaban J connectivity index is 3.60. The lowest BCUT2D eigenvalue weighted by molar-refractivity contribution is -0.00393. The van der Waals surface area contributed by atoms with E-state index in [4.69, 9.17) is 10.4 Å². The van der Waals surface area contributed by atoms with Crippen LogP contribution in [-0.4, -0.2) is 30.2 Å². The first-order valence-electron chi connectivity index (χ1n) is 3.71. The second kappa shape index (κ2) is 5.86. The van der Waals surface area contributed by atoms with Crippen LogP contribution in [-0.2, 0) is 0 Å². The molecule has 0 radical (unpaired) electrons. The molecule has 2 unspecified atom stereocenters. The molecule has 12 heavy (non-hydrogen) atoms. The SMILES string of the molecule is CCC(C#N)NCC(O)C(F)F. The van der Waals surface area contributed by atoms with E-state index in [2.05, 4.69) is 5.32 Å². The fourth-order valence-corrected chi connectivity index (χ4v) is 0.633. The largest absolute Gasteiger partial charge is 0.386 e. The van der Waals surface area contributed by atoms with E-state index in [0.29, 0.717) is 6.42 Å². The number of nitriles is 1. The average Bonchev–Trinajstić information content (AvgIpc) is 2.05. The van der Waals surface area contributed by atoms with Crippen molar-refractivity contribution in [2.24, 2.45) is 0 Å². The first-order chi connectivity index (χ1) is 5.61.